The molecule has 0 spiro atoms. The van der Waals surface area contributed by atoms with E-state index >= 15 is 0 Å². The second-order valence-electron chi connectivity index (χ2n) is 5.38. The number of rotatable bonds is 15. The zero-order chi connectivity index (χ0) is 16.3. The molecule has 0 radical (unpaired) electrons. The molecule has 2 aliphatic heterocycles. The molecule has 2 rings (SSSR count). The summed E-state index contributed by atoms with van der Waals surface area (Å²) in [6.45, 7) is 3.31. The summed E-state index contributed by atoms with van der Waals surface area (Å²) in [6, 6.07) is 0. The number of hydrogen-bond acceptors (Lipinski definition) is 8. The average molecular weight is 399 g/mol. The van der Waals surface area contributed by atoms with E-state index < -0.39 is 0 Å². The molecule has 2 heterocycles. The van der Waals surface area contributed by atoms with Crippen LogP contribution in [0.15, 0.2) is 0 Å². The van der Waals surface area contributed by atoms with Gasteiger partial charge in [0.2, 0.25) is 5.91 Å². The Balaban J connectivity index is 1.47. The minimum absolute atomic E-state index is 0.150. The van der Waals surface area contributed by atoms with Gasteiger partial charge < -0.3 is 20.5 Å². The van der Waals surface area contributed by atoms with Crippen molar-refractivity contribution < 1.29 is 14.3 Å². The standard InChI is InChI=1S/C14H26N2O3S4/c15-5-7-18-9-10-19-8-6-16-13(17)11(14-22-23-14)3-1-2-4-12-20-21-12/h11-12,14H,1-10,15H2,(H,16,17). The molecular formula is C14H26N2O3S4. The molecule has 5 nitrogen and oxygen atoms in total. The van der Waals surface area contributed by atoms with E-state index in [0.29, 0.717) is 44.1 Å². The summed E-state index contributed by atoms with van der Waals surface area (Å²) in [5.41, 5.74) is 5.32. The molecule has 2 aliphatic rings. The van der Waals surface area contributed by atoms with Crippen molar-refractivity contribution in [1.29, 1.82) is 0 Å². The van der Waals surface area contributed by atoms with Crippen molar-refractivity contribution in [3.8, 4) is 0 Å². The number of nitrogens with two attached hydrogens (primary N) is 1. The van der Waals surface area contributed by atoms with Crippen molar-refractivity contribution >= 4 is 49.1 Å². The fourth-order valence-electron chi connectivity index (χ4n) is 2.15. The Kier molecular flexibility index (Phi) is 10.6. The normalized spacial score (nSPS) is 18.8. The van der Waals surface area contributed by atoms with E-state index in [9.17, 15) is 4.79 Å². The maximum absolute atomic E-state index is 12.3. The van der Waals surface area contributed by atoms with E-state index in [1.165, 1.54) is 12.8 Å². The van der Waals surface area contributed by atoms with Crippen molar-refractivity contribution in [3.63, 3.8) is 0 Å². The highest BCUT2D eigenvalue weighted by Crippen LogP contribution is 2.58. The van der Waals surface area contributed by atoms with Gasteiger partial charge in [-0.1, -0.05) is 56.0 Å². The molecule has 0 aliphatic carbocycles. The number of carbonyl (C=O) groups excluding carboxylic acids is 1. The van der Waals surface area contributed by atoms with E-state index in [1.807, 2.05) is 43.2 Å². The van der Waals surface area contributed by atoms with Crippen LogP contribution in [0.3, 0.4) is 0 Å². The van der Waals surface area contributed by atoms with Crippen LogP contribution in [0.25, 0.3) is 0 Å². The lowest BCUT2D eigenvalue weighted by atomic mass is 10.0. The first-order chi connectivity index (χ1) is 11.3. The van der Waals surface area contributed by atoms with Crippen LogP contribution < -0.4 is 11.1 Å². The van der Waals surface area contributed by atoms with E-state index in [-0.39, 0.29) is 11.8 Å². The Hall–Kier alpha value is 0.750. The number of unbranched alkanes of at least 4 members (excludes halogenated alkanes) is 1. The van der Waals surface area contributed by atoms with Gasteiger partial charge in [-0.3, -0.25) is 4.79 Å². The first-order valence-electron chi connectivity index (χ1n) is 8.09. The number of hydrogen-bond donors (Lipinski definition) is 2. The molecule has 3 N–H and O–H groups in total. The molecule has 134 valence electrons. The lowest BCUT2D eigenvalue weighted by Crippen LogP contribution is -2.35. The predicted molar refractivity (Wildman–Crippen MR) is 104 cm³/mol. The van der Waals surface area contributed by atoms with Crippen molar-refractivity contribution in [2.45, 2.75) is 34.8 Å². The number of ether oxygens (including phenoxy) is 2. The van der Waals surface area contributed by atoms with Crippen LogP contribution in [0.5, 0.6) is 0 Å². The monoisotopic (exact) mass is 398 g/mol. The highest BCUT2D eigenvalue weighted by molar-refractivity contribution is 8.93. The molecule has 2 fully saturated rings. The zero-order valence-corrected chi connectivity index (χ0v) is 16.5. The Morgan fingerprint density at radius 3 is 2.43 bits per heavy atom. The van der Waals surface area contributed by atoms with Crippen LogP contribution in [0.2, 0.25) is 0 Å². The van der Waals surface area contributed by atoms with Gasteiger partial charge in [0.1, 0.15) is 0 Å². The van der Waals surface area contributed by atoms with Crippen molar-refractivity contribution in [2.24, 2.45) is 11.7 Å². The van der Waals surface area contributed by atoms with E-state index in [1.54, 1.807) is 0 Å². The average Bonchev–Trinajstić information content (AvgIpc) is 3.43. The fraction of sp³-hybridized carbons (Fsp3) is 0.929. The third kappa shape index (κ3) is 9.72. The van der Waals surface area contributed by atoms with Gasteiger partial charge in [0.05, 0.1) is 41.5 Å². The summed E-state index contributed by atoms with van der Waals surface area (Å²) < 4.78 is 11.9. The lowest BCUT2D eigenvalue weighted by Gasteiger charge is -2.14. The number of nitrogens with one attached hydrogen (secondary N) is 1. The quantitative estimate of drug-likeness (QED) is 0.248. The summed E-state index contributed by atoms with van der Waals surface area (Å²) in [6.07, 6.45) is 4.69. The highest BCUT2D eigenvalue weighted by atomic mass is 33.2. The lowest BCUT2D eigenvalue weighted by molar-refractivity contribution is -0.124. The molecule has 0 aromatic rings. The Labute approximate surface area is 154 Å². The molecule has 0 aromatic carbocycles. The van der Waals surface area contributed by atoms with Crippen LogP contribution in [0, 0.1) is 5.92 Å². The van der Waals surface area contributed by atoms with Gasteiger partial charge in [0.25, 0.3) is 0 Å². The van der Waals surface area contributed by atoms with E-state index in [2.05, 4.69) is 5.32 Å². The van der Waals surface area contributed by atoms with Gasteiger partial charge in [0.15, 0.2) is 0 Å². The molecule has 9 heteroatoms. The van der Waals surface area contributed by atoms with E-state index in [4.69, 9.17) is 15.2 Å². The minimum Gasteiger partial charge on any atom is -0.378 e. The second kappa shape index (κ2) is 12.2. The summed E-state index contributed by atoms with van der Waals surface area (Å²) in [5.74, 6) is 0.336. The van der Waals surface area contributed by atoms with Gasteiger partial charge in [-0.15, -0.1) is 0 Å². The Morgan fingerprint density at radius 1 is 1.04 bits per heavy atom. The summed E-state index contributed by atoms with van der Waals surface area (Å²) in [5, 5.41) is 3.01. The maximum Gasteiger partial charge on any atom is 0.225 e. The maximum atomic E-state index is 12.3. The SMILES string of the molecule is NCCOCCOCCNC(=O)C(CCCCC1SS1)C1SS1. The molecule has 2 saturated heterocycles. The number of amides is 1. The summed E-state index contributed by atoms with van der Waals surface area (Å²) >= 11 is 0. The van der Waals surface area contributed by atoms with Crippen LogP contribution >= 0.6 is 43.2 Å². The first kappa shape index (κ1) is 20.1. The van der Waals surface area contributed by atoms with Gasteiger partial charge in [-0.25, -0.2) is 0 Å². The highest BCUT2D eigenvalue weighted by Gasteiger charge is 2.38. The van der Waals surface area contributed by atoms with Gasteiger partial charge in [-0.05, 0) is 12.8 Å². The van der Waals surface area contributed by atoms with E-state index in [0.717, 1.165) is 17.4 Å². The summed E-state index contributed by atoms with van der Waals surface area (Å²) in [7, 11) is 7.60. The Bertz CT molecular complexity index is 344. The molecule has 0 bridgehead atoms. The molecule has 1 atom stereocenters. The molecule has 0 saturated carbocycles. The fourth-order valence-corrected chi connectivity index (χ4v) is 5.42. The molecular weight excluding hydrogens is 372 g/mol. The minimum atomic E-state index is 0.150. The predicted octanol–water partition coefficient (Wildman–Crippen LogP) is 2.71. The smallest absolute Gasteiger partial charge is 0.225 e. The third-order valence-electron chi connectivity index (χ3n) is 3.49. The second-order valence-corrected chi connectivity index (χ2v) is 11.2. The van der Waals surface area contributed by atoms with Crippen LogP contribution in [-0.4, -0.2) is 54.6 Å². The van der Waals surface area contributed by atoms with Crippen LogP contribution in [0.4, 0.5) is 0 Å². The molecule has 1 amide bonds. The van der Waals surface area contributed by atoms with Gasteiger partial charge in [-0.2, -0.15) is 0 Å². The zero-order valence-electron chi connectivity index (χ0n) is 13.2. The molecule has 23 heavy (non-hydrogen) atoms. The van der Waals surface area contributed by atoms with Crippen LogP contribution in [0.1, 0.15) is 25.7 Å². The summed E-state index contributed by atoms with van der Waals surface area (Å²) in [4.78, 5) is 12.3. The first-order valence-corrected chi connectivity index (χ1v) is 12.6. The molecule has 1 unspecified atom stereocenters. The number of carbonyl (C=O) groups is 1. The third-order valence-corrected chi connectivity index (χ3v) is 8.14. The van der Waals surface area contributed by atoms with Gasteiger partial charge >= 0.3 is 0 Å². The van der Waals surface area contributed by atoms with Crippen molar-refractivity contribution in [2.75, 3.05) is 39.5 Å². The van der Waals surface area contributed by atoms with Crippen LogP contribution in [-0.2, 0) is 14.3 Å². The topological polar surface area (TPSA) is 73.6 Å². The van der Waals surface area contributed by atoms with Gasteiger partial charge in [0, 0.05) is 13.1 Å². The van der Waals surface area contributed by atoms with Crippen molar-refractivity contribution in [3.05, 3.63) is 0 Å². The Morgan fingerprint density at radius 2 is 1.78 bits per heavy atom. The van der Waals surface area contributed by atoms with Crippen molar-refractivity contribution in [1.82, 2.24) is 5.32 Å². The molecule has 0 aromatic heterocycles. The largest absolute Gasteiger partial charge is 0.378 e.